The number of fused-ring (bicyclic) bond motifs is 3. The van der Waals surface area contributed by atoms with Gasteiger partial charge in [0.2, 0.25) is 11.8 Å². The number of furan rings is 1. The highest BCUT2D eigenvalue weighted by Crippen LogP contribution is 2.23. The van der Waals surface area contributed by atoms with Gasteiger partial charge >= 0.3 is 6.15 Å². The molecular weight excluding hydrogens is 398 g/mol. The van der Waals surface area contributed by atoms with E-state index in [1.807, 2.05) is 10.7 Å². The van der Waals surface area contributed by atoms with Crippen molar-refractivity contribution in [3.63, 3.8) is 0 Å². The Hall–Kier alpha value is -4.30. The van der Waals surface area contributed by atoms with E-state index in [4.69, 9.17) is 19.7 Å². The van der Waals surface area contributed by atoms with Crippen LogP contribution in [0.4, 0.5) is 5.95 Å². The van der Waals surface area contributed by atoms with Crippen LogP contribution in [0.25, 0.3) is 28.3 Å². The SMILES string of the molecule is CCc1ccc(CCn2ncc3c2nc(N)n2nc(-c4ccco4)nc32)cc1.O=C=O. The van der Waals surface area contributed by atoms with E-state index in [1.165, 1.54) is 15.6 Å². The van der Waals surface area contributed by atoms with Gasteiger partial charge in [-0.1, -0.05) is 31.2 Å². The van der Waals surface area contributed by atoms with Crippen molar-refractivity contribution in [2.24, 2.45) is 0 Å². The third kappa shape index (κ3) is 3.92. The summed E-state index contributed by atoms with van der Waals surface area (Å²) in [6.07, 6.45) is 5.50. The molecule has 0 fully saturated rings. The van der Waals surface area contributed by atoms with Gasteiger partial charge in [-0.3, -0.25) is 0 Å². The smallest absolute Gasteiger partial charge is 0.373 e. The summed E-state index contributed by atoms with van der Waals surface area (Å²) < 4.78 is 8.78. The molecule has 31 heavy (non-hydrogen) atoms. The van der Waals surface area contributed by atoms with E-state index >= 15 is 0 Å². The molecule has 0 unspecified atom stereocenters. The molecule has 5 aromatic rings. The van der Waals surface area contributed by atoms with Gasteiger partial charge in [-0.05, 0) is 36.1 Å². The average Bonchev–Trinajstić information content (AvgIpc) is 3.52. The molecule has 0 aliphatic heterocycles. The topological polar surface area (TPSA) is 134 Å². The molecule has 0 aliphatic rings. The summed E-state index contributed by atoms with van der Waals surface area (Å²) in [6.45, 7) is 2.86. The third-order valence-electron chi connectivity index (χ3n) is 4.88. The monoisotopic (exact) mass is 417 g/mol. The molecule has 0 bridgehead atoms. The predicted octanol–water partition coefficient (Wildman–Crippen LogP) is 2.54. The number of nitrogen functional groups attached to an aromatic ring is 1. The minimum absolute atomic E-state index is 0.250. The zero-order chi connectivity index (χ0) is 21.8. The number of anilines is 1. The Morgan fingerprint density at radius 2 is 1.81 bits per heavy atom. The Morgan fingerprint density at radius 1 is 1.06 bits per heavy atom. The van der Waals surface area contributed by atoms with Crippen molar-refractivity contribution in [1.29, 1.82) is 0 Å². The second-order valence-electron chi connectivity index (χ2n) is 6.73. The van der Waals surface area contributed by atoms with Gasteiger partial charge in [0.25, 0.3) is 0 Å². The molecule has 4 aromatic heterocycles. The fraction of sp³-hybridized carbons (Fsp3) is 0.190. The van der Waals surface area contributed by atoms with Crippen molar-refractivity contribution in [1.82, 2.24) is 29.4 Å². The number of aromatic nitrogens is 6. The lowest BCUT2D eigenvalue weighted by Crippen LogP contribution is -2.07. The molecular formula is C21H19N7O3. The minimum atomic E-state index is 0.250. The fourth-order valence-electron chi connectivity index (χ4n) is 3.31. The van der Waals surface area contributed by atoms with Crippen LogP contribution in [0.2, 0.25) is 0 Å². The lowest BCUT2D eigenvalue weighted by atomic mass is 10.1. The Labute approximate surface area is 176 Å². The van der Waals surface area contributed by atoms with Gasteiger partial charge in [-0.15, -0.1) is 5.10 Å². The summed E-state index contributed by atoms with van der Waals surface area (Å²) in [7, 11) is 0. The minimum Gasteiger partial charge on any atom is -0.461 e. The van der Waals surface area contributed by atoms with E-state index in [9.17, 15) is 0 Å². The van der Waals surface area contributed by atoms with Crippen LogP contribution in [0.5, 0.6) is 0 Å². The number of carbonyl (C=O) groups excluding carboxylic acids is 2. The van der Waals surface area contributed by atoms with Crippen molar-refractivity contribution in [3.05, 3.63) is 60.0 Å². The lowest BCUT2D eigenvalue weighted by Gasteiger charge is -2.05. The van der Waals surface area contributed by atoms with Crippen LogP contribution in [0, 0.1) is 0 Å². The molecule has 1 aromatic carbocycles. The highest BCUT2D eigenvalue weighted by molar-refractivity contribution is 5.90. The van der Waals surface area contributed by atoms with Crippen LogP contribution in [-0.2, 0) is 29.0 Å². The molecule has 2 N–H and O–H groups in total. The van der Waals surface area contributed by atoms with Crippen LogP contribution in [0.1, 0.15) is 18.1 Å². The van der Waals surface area contributed by atoms with E-state index < -0.39 is 0 Å². The van der Waals surface area contributed by atoms with Gasteiger partial charge in [0.1, 0.15) is 0 Å². The zero-order valence-electron chi connectivity index (χ0n) is 16.7. The van der Waals surface area contributed by atoms with Crippen LogP contribution in [0.15, 0.2) is 53.3 Å². The average molecular weight is 417 g/mol. The highest BCUT2D eigenvalue weighted by atomic mass is 16.3. The molecule has 0 saturated carbocycles. The summed E-state index contributed by atoms with van der Waals surface area (Å²) in [6, 6.07) is 12.3. The Kier molecular flexibility index (Phi) is 5.55. The predicted molar refractivity (Wildman–Crippen MR) is 111 cm³/mol. The number of rotatable bonds is 5. The van der Waals surface area contributed by atoms with Gasteiger partial charge < -0.3 is 10.2 Å². The van der Waals surface area contributed by atoms with E-state index in [0.717, 1.165) is 18.2 Å². The van der Waals surface area contributed by atoms with Crippen LogP contribution < -0.4 is 5.73 Å². The number of hydrogen-bond donors (Lipinski definition) is 1. The molecule has 0 saturated heterocycles. The van der Waals surface area contributed by atoms with Crippen LogP contribution in [0.3, 0.4) is 0 Å². The Morgan fingerprint density at radius 3 is 2.48 bits per heavy atom. The molecule has 0 radical (unpaired) electrons. The molecule has 0 amide bonds. The molecule has 0 spiro atoms. The van der Waals surface area contributed by atoms with E-state index in [0.29, 0.717) is 29.4 Å². The number of nitrogens with two attached hydrogens (primary N) is 1. The molecule has 5 rings (SSSR count). The normalized spacial score (nSPS) is 10.7. The second-order valence-corrected chi connectivity index (χ2v) is 6.73. The maximum Gasteiger partial charge on any atom is 0.373 e. The first-order chi connectivity index (χ1) is 15.1. The van der Waals surface area contributed by atoms with E-state index in [1.54, 1.807) is 18.5 Å². The van der Waals surface area contributed by atoms with Gasteiger partial charge in [0.15, 0.2) is 17.1 Å². The van der Waals surface area contributed by atoms with Gasteiger partial charge in [-0.2, -0.15) is 24.2 Å². The standard InChI is InChI=1S/C20H19N7O.CO2/c1-2-13-5-7-14(8-6-13)9-10-26-18-15(12-22-26)19-23-17(16-4-3-11-28-16)25-27(19)20(21)24-18;2-1-3/h3-8,11-12H,2,9-10H2,1H3,(H2,21,24);. The Bertz CT molecular complexity index is 1350. The van der Waals surface area contributed by atoms with E-state index in [2.05, 4.69) is 51.4 Å². The van der Waals surface area contributed by atoms with Crippen molar-refractivity contribution in [2.75, 3.05) is 5.73 Å². The molecule has 4 heterocycles. The molecule has 10 nitrogen and oxygen atoms in total. The van der Waals surface area contributed by atoms with Crippen LogP contribution in [-0.4, -0.2) is 35.5 Å². The maximum atomic E-state index is 8.12. The summed E-state index contributed by atoms with van der Waals surface area (Å²) in [5.74, 6) is 1.32. The molecule has 0 aliphatic carbocycles. The van der Waals surface area contributed by atoms with Gasteiger partial charge in [-0.25, -0.2) is 9.67 Å². The van der Waals surface area contributed by atoms with Crippen LogP contribution >= 0.6 is 0 Å². The molecule has 10 heteroatoms. The number of benzene rings is 1. The maximum absolute atomic E-state index is 8.12. The number of nitrogens with zero attached hydrogens (tertiary/aromatic N) is 6. The molecule has 156 valence electrons. The highest BCUT2D eigenvalue weighted by Gasteiger charge is 2.17. The third-order valence-corrected chi connectivity index (χ3v) is 4.88. The summed E-state index contributed by atoms with van der Waals surface area (Å²) in [5, 5.41) is 9.72. The first-order valence-electron chi connectivity index (χ1n) is 9.63. The van der Waals surface area contributed by atoms with Gasteiger partial charge in [0, 0.05) is 6.54 Å². The number of aryl methyl sites for hydroxylation is 3. The Balaban J connectivity index is 0.000000730. The second kappa shape index (κ2) is 8.60. The number of hydrogen-bond acceptors (Lipinski definition) is 8. The van der Waals surface area contributed by atoms with Crippen molar-refractivity contribution < 1.29 is 14.0 Å². The summed E-state index contributed by atoms with van der Waals surface area (Å²) >= 11 is 0. The largest absolute Gasteiger partial charge is 0.461 e. The first-order valence-corrected chi connectivity index (χ1v) is 9.63. The molecule has 0 atom stereocenters. The van der Waals surface area contributed by atoms with Crippen molar-refractivity contribution >= 4 is 28.8 Å². The summed E-state index contributed by atoms with van der Waals surface area (Å²) in [5.41, 5.74) is 10.1. The first kappa shape index (κ1) is 20.0. The van der Waals surface area contributed by atoms with Gasteiger partial charge in [0.05, 0.1) is 17.8 Å². The van der Waals surface area contributed by atoms with E-state index in [-0.39, 0.29) is 12.1 Å². The van der Waals surface area contributed by atoms with Crippen molar-refractivity contribution in [2.45, 2.75) is 26.3 Å². The summed E-state index contributed by atoms with van der Waals surface area (Å²) in [4.78, 5) is 25.3. The fourth-order valence-corrected chi connectivity index (χ4v) is 3.31. The lowest BCUT2D eigenvalue weighted by molar-refractivity contribution is -0.191. The quantitative estimate of drug-likeness (QED) is 0.461. The van der Waals surface area contributed by atoms with Crippen molar-refractivity contribution in [3.8, 4) is 11.6 Å². The zero-order valence-corrected chi connectivity index (χ0v) is 16.7.